The smallest absolute Gasteiger partial charge is 0.138 e. The van der Waals surface area contributed by atoms with Gasteiger partial charge in [0.05, 0.1) is 0 Å². The van der Waals surface area contributed by atoms with Gasteiger partial charge < -0.3 is 0 Å². The summed E-state index contributed by atoms with van der Waals surface area (Å²) >= 11 is 0. The molecule has 1 unspecified atom stereocenters. The second kappa shape index (κ2) is 6.29. The minimum atomic E-state index is 0.326. The number of hydrogen-bond acceptors (Lipinski definition) is 4. The summed E-state index contributed by atoms with van der Waals surface area (Å²) in [5, 5.41) is 4.29. The quantitative estimate of drug-likeness (QED) is 0.618. The van der Waals surface area contributed by atoms with Gasteiger partial charge >= 0.3 is 0 Å². The number of hydrogen-bond donors (Lipinski definition) is 2. The predicted octanol–water partition coefficient (Wildman–Crippen LogP) is 1.81. The summed E-state index contributed by atoms with van der Waals surface area (Å²) in [4.78, 5) is 4.38. The third-order valence-electron chi connectivity index (χ3n) is 3.97. The highest BCUT2D eigenvalue weighted by atomic mass is 15.3. The Kier molecular flexibility index (Phi) is 4.72. The molecule has 0 amide bonds. The van der Waals surface area contributed by atoms with E-state index in [1.165, 1.54) is 32.1 Å². The molecular formula is C13H25N5. The van der Waals surface area contributed by atoms with Crippen molar-refractivity contribution in [1.82, 2.24) is 20.2 Å². The van der Waals surface area contributed by atoms with E-state index >= 15 is 0 Å². The van der Waals surface area contributed by atoms with E-state index in [-0.39, 0.29) is 0 Å². The third-order valence-corrected chi connectivity index (χ3v) is 3.97. The van der Waals surface area contributed by atoms with Crippen LogP contribution in [0.1, 0.15) is 57.8 Å². The van der Waals surface area contributed by atoms with Crippen LogP contribution in [-0.4, -0.2) is 20.8 Å². The van der Waals surface area contributed by atoms with Gasteiger partial charge in [-0.2, -0.15) is 5.10 Å². The summed E-state index contributed by atoms with van der Waals surface area (Å²) in [7, 11) is 0. The minimum Gasteiger partial charge on any atom is -0.271 e. The van der Waals surface area contributed by atoms with Crippen LogP contribution >= 0.6 is 0 Å². The highest BCUT2D eigenvalue weighted by Gasteiger charge is 2.24. The van der Waals surface area contributed by atoms with Crippen LogP contribution in [0.15, 0.2) is 6.33 Å². The largest absolute Gasteiger partial charge is 0.271 e. The molecule has 0 saturated heterocycles. The van der Waals surface area contributed by atoms with Gasteiger partial charge in [0.2, 0.25) is 0 Å². The van der Waals surface area contributed by atoms with Gasteiger partial charge in [-0.1, -0.05) is 19.3 Å². The Hall–Kier alpha value is -0.940. The first kappa shape index (κ1) is 13.5. The molecule has 0 bridgehead atoms. The van der Waals surface area contributed by atoms with Crippen LogP contribution in [0.3, 0.4) is 0 Å². The molecule has 0 radical (unpaired) electrons. The third kappa shape index (κ3) is 3.09. The van der Waals surface area contributed by atoms with Crippen molar-refractivity contribution in [3.8, 4) is 0 Å². The van der Waals surface area contributed by atoms with Crippen LogP contribution in [0.2, 0.25) is 0 Å². The van der Waals surface area contributed by atoms with Crippen LogP contribution in [0.25, 0.3) is 0 Å². The Morgan fingerprint density at radius 3 is 2.72 bits per heavy atom. The van der Waals surface area contributed by atoms with Crippen LogP contribution in [0.5, 0.6) is 0 Å². The number of nitrogens with one attached hydrogen (secondary N) is 1. The van der Waals surface area contributed by atoms with Crippen molar-refractivity contribution in [2.75, 3.05) is 0 Å². The second-order valence-electron chi connectivity index (χ2n) is 5.59. The van der Waals surface area contributed by atoms with E-state index in [0.717, 1.165) is 12.2 Å². The number of rotatable bonds is 5. The molecule has 5 nitrogen and oxygen atoms in total. The first-order valence-electron chi connectivity index (χ1n) is 7.07. The molecule has 0 aliphatic heterocycles. The zero-order valence-electron chi connectivity index (χ0n) is 11.5. The van der Waals surface area contributed by atoms with Crippen LogP contribution in [-0.2, 0) is 6.42 Å². The molecule has 1 aliphatic rings. The molecule has 2 rings (SSSR count). The Labute approximate surface area is 109 Å². The first-order valence-corrected chi connectivity index (χ1v) is 7.07. The van der Waals surface area contributed by atoms with Gasteiger partial charge in [0.25, 0.3) is 0 Å². The number of nitrogens with zero attached hydrogens (tertiary/aromatic N) is 3. The van der Waals surface area contributed by atoms with E-state index in [1.54, 1.807) is 6.33 Å². The summed E-state index contributed by atoms with van der Waals surface area (Å²) in [6.45, 7) is 4.26. The van der Waals surface area contributed by atoms with Gasteiger partial charge in [0.15, 0.2) is 0 Å². The lowest BCUT2D eigenvalue weighted by molar-refractivity contribution is 0.263. The summed E-state index contributed by atoms with van der Waals surface area (Å²) < 4.78 is 1.99. The normalized spacial score (nSPS) is 19.3. The van der Waals surface area contributed by atoms with Gasteiger partial charge in [-0.05, 0) is 32.6 Å². The van der Waals surface area contributed by atoms with Crippen molar-refractivity contribution in [3.05, 3.63) is 12.2 Å². The number of nitrogens with two attached hydrogens (primary N) is 1. The molecule has 1 aromatic heterocycles. The average molecular weight is 251 g/mol. The minimum absolute atomic E-state index is 0.326. The first-order chi connectivity index (χ1) is 8.72. The zero-order chi connectivity index (χ0) is 13.0. The zero-order valence-corrected chi connectivity index (χ0v) is 11.5. The fourth-order valence-corrected chi connectivity index (χ4v) is 2.95. The number of aromatic nitrogens is 3. The van der Waals surface area contributed by atoms with Gasteiger partial charge in [-0.25, -0.2) is 9.67 Å². The van der Waals surface area contributed by atoms with Crippen molar-refractivity contribution in [3.63, 3.8) is 0 Å². The summed E-state index contributed by atoms with van der Waals surface area (Å²) in [5.41, 5.74) is 3.00. The van der Waals surface area contributed by atoms with E-state index in [4.69, 9.17) is 5.84 Å². The van der Waals surface area contributed by atoms with Crippen LogP contribution in [0.4, 0.5) is 0 Å². The fraction of sp³-hybridized carbons (Fsp3) is 0.846. The molecule has 1 heterocycles. The van der Waals surface area contributed by atoms with E-state index < -0.39 is 0 Å². The summed E-state index contributed by atoms with van der Waals surface area (Å²) in [5.74, 6) is 7.46. The fourth-order valence-electron chi connectivity index (χ4n) is 2.95. The Balaban J connectivity index is 2.02. The highest BCUT2D eigenvalue weighted by Crippen LogP contribution is 2.27. The van der Waals surface area contributed by atoms with Gasteiger partial charge in [-0.15, -0.1) is 0 Å². The van der Waals surface area contributed by atoms with Crippen molar-refractivity contribution < 1.29 is 0 Å². The molecule has 5 heteroatoms. The molecule has 1 aliphatic carbocycles. The van der Waals surface area contributed by atoms with Crippen LogP contribution in [0, 0.1) is 5.92 Å². The second-order valence-corrected chi connectivity index (χ2v) is 5.59. The molecule has 18 heavy (non-hydrogen) atoms. The molecule has 1 aromatic rings. The highest BCUT2D eigenvalue weighted by molar-refractivity contribution is 4.93. The van der Waals surface area contributed by atoms with E-state index in [0.29, 0.717) is 18.0 Å². The van der Waals surface area contributed by atoms with Crippen LogP contribution < -0.4 is 11.3 Å². The maximum absolute atomic E-state index is 5.74. The lowest BCUT2D eigenvalue weighted by Crippen LogP contribution is -2.43. The molecule has 3 N–H and O–H groups in total. The average Bonchev–Trinajstić information content (AvgIpc) is 2.85. The van der Waals surface area contributed by atoms with Gasteiger partial charge in [0.1, 0.15) is 12.2 Å². The maximum Gasteiger partial charge on any atom is 0.138 e. The molecule has 0 aromatic carbocycles. The van der Waals surface area contributed by atoms with E-state index in [1.807, 2.05) is 4.68 Å². The maximum atomic E-state index is 5.74. The van der Waals surface area contributed by atoms with Crippen molar-refractivity contribution >= 4 is 0 Å². The lowest BCUT2D eigenvalue weighted by atomic mass is 9.83. The Morgan fingerprint density at radius 1 is 1.39 bits per heavy atom. The molecular weight excluding hydrogens is 226 g/mol. The van der Waals surface area contributed by atoms with E-state index in [9.17, 15) is 0 Å². The predicted molar refractivity (Wildman–Crippen MR) is 71.8 cm³/mol. The molecule has 1 saturated carbocycles. The summed E-state index contributed by atoms with van der Waals surface area (Å²) in [6.07, 6.45) is 9.12. The Bertz CT molecular complexity index is 354. The van der Waals surface area contributed by atoms with Gasteiger partial charge in [-0.3, -0.25) is 11.3 Å². The SMILES string of the molecule is CC(C)n1ncnc1CC(NN)C1CCCCC1. The molecule has 1 atom stereocenters. The monoisotopic (exact) mass is 251 g/mol. The standard InChI is InChI=1S/C13H25N5/c1-10(2)18-13(15-9-16-18)8-12(17-14)11-6-4-3-5-7-11/h9-12,17H,3-8,14H2,1-2H3. The van der Waals surface area contributed by atoms with Crippen molar-refractivity contribution in [2.45, 2.75) is 64.5 Å². The number of hydrazine groups is 1. The summed E-state index contributed by atoms with van der Waals surface area (Å²) in [6, 6.07) is 0.680. The van der Waals surface area contributed by atoms with Gasteiger partial charge in [0, 0.05) is 18.5 Å². The van der Waals surface area contributed by atoms with E-state index in [2.05, 4.69) is 29.4 Å². The Morgan fingerprint density at radius 2 is 2.11 bits per heavy atom. The molecule has 102 valence electrons. The molecule has 1 fully saturated rings. The molecule has 0 spiro atoms. The lowest BCUT2D eigenvalue weighted by Gasteiger charge is -2.29. The topological polar surface area (TPSA) is 68.8 Å². The van der Waals surface area contributed by atoms with Crippen molar-refractivity contribution in [2.24, 2.45) is 11.8 Å². The van der Waals surface area contributed by atoms with Crippen molar-refractivity contribution in [1.29, 1.82) is 0 Å².